The molecule has 128 valence electrons. The van der Waals surface area contributed by atoms with Gasteiger partial charge in [0, 0.05) is 43.3 Å². The van der Waals surface area contributed by atoms with Crippen LogP contribution in [0.15, 0.2) is 48.5 Å². The van der Waals surface area contributed by atoms with Gasteiger partial charge in [-0.05, 0) is 12.1 Å². The van der Waals surface area contributed by atoms with Gasteiger partial charge in [0.05, 0.1) is 18.3 Å². The van der Waals surface area contributed by atoms with Crippen LogP contribution >= 0.6 is 11.3 Å². The molecule has 0 aromatic carbocycles. The van der Waals surface area contributed by atoms with E-state index in [1.165, 1.54) is 29.9 Å². The van der Waals surface area contributed by atoms with E-state index in [1.54, 1.807) is 5.38 Å². The third kappa shape index (κ3) is 4.95. The van der Waals surface area contributed by atoms with Crippen molar-refractivity contribution in [1.82, 2.24) is 24.8 Å². The summed E-state index contributed by atoms with van der Waals surface area (Å²) in [4.78, 5) is 35.9. The second kappa shape index (κ2) is 8.15. The fourth-order valence-electron chi connectivity index (χ4n) is 2.09. The first-order valence-corrected chi connectivity index (χ1v) is 8.48. The molecular formula is C16H16N6O2S. The van der Waals surface area contributed by atoms with Crippen LogP contribution in [0.1, 0.15) is 16.2 Å². The van der Waals surface area contributed by atoms with Crippen molar-refractivity contribution >= 4 is 28.3 Å². The smallest absolute Gasteiger partial charge is 0.277 e. The summed E-state index contributed by atoms with van der Waals surface area (Å²) in [6.07, 6.45) is 8.37. The number of thiazole rings is 1. The molecule has 2 N–H and O–H groups in total. The van der Waals surface area contributed by atoms with Crippen LogP contribution in [0.25, 0.3) is 0 Å². The molecule has 3 rings (SSSR count). The maximum atomic E-state index is 12.0. The first-order valence-electron chi connectivity index (χ1n) is 7.60. The predicted octanol–water partition coefficient (Wildman–Crippen LogP) is 1.35. The van der Waals surface area contributed by atoms with Crippen LogP contribution in [0.4, 0.5) is 5.13 Å². The molecule has 0 aliphatic rings. The SMILES string of the molecule is O=C(Cc1csc(NC(=O)c2cnccn2)n1)NCCn1cccc1. The lowest BCUT2D eigenvalue weighted by atomic mass is 10.3. The van der Waals surface area contributed by atoms with E-state index in [2.05, 4.69) is 25.6 Å². The monoisotopic (exact) mass is 356 g/mol. The van der Waals surface area contributed by atoms with Gasteiger partial charge in [0.25, 0.3) is 5.91 Å². The van der Waals surface area contributed by atoms with E-state index in [9.17, 15) is 9.59 Å². The highest BCUT2D eigenvalue weighted by molar-refractivity contribution is 7.14. The molecule has 0 bridgehead atoms. The van der Waals surface area contributed by atoms with E-state index in [0.717, 1.165) is 6.54 Å². The van der Waals surface area contributed by atoms with Crippen molar-refractivity contribution in [3.63, 3.8) is 0 Å². The standard InChI is InChI=1S/C16H16N6O2S/c23-14(19-5-8-22-6-1-2-7-22)9-12-11-25-16(20-12)21-15(24)13-10-17-3-4-18-13/h1-4,6-7,10-11H,5,8-9H2,(H,19,23)(H,20,21,24). The Morgan fingerprint density at radius 3 is 2.80 bits per heavy atom. The molecule has 0 fully saturated rings. The van der Waals surface area contributed by atoms with Crippen molar-refractivity contribution < 1.29 is 9.59 Å². The Morgan fingerprint density at radius 1 is 1.20 bits per heavy atom. The predicted molar refractivity (Wildman–Crippen MR) is 93.2 cm³/mol. The molecule has 3 aromatic rings. The van der Waals surface area contributed by atoms with Crippen molar-refractivity contribution in [3.8, 4) is 0 Å². The van der Waals surface area contributed by atoms with Crippen molar-refractivity contribution in [2.75, 3.05) is 11.9 Å². The molecule has 9 heteroatoms. The molecule has 25 heavy (non-hydrogen) atoms. The van der Waals surface area contributed by atoms with Crippen LogP contribution in [0.5, 0.6) is 0 Å². The van der Waals surface area contributed by atoms with Crippen LogP contribution in [0.2, 0.25) is 0 Å². The molecule has 0 unspecified atom stereocenters. The summed E-state index contributed by atoms with van der Waals surface area (Å²) in [6.45, 7) is 1.27. The average Bonchev–Trinajstić information content (AvgIpc) is 3.28. The Balaban J connectivity index is 1.46. The summed E-state index contributed by atoms with van der Waals surface area (Å²) in [5.74, 6) is -0.491. The van der Waals surface area contributed by atoms with Gasteiger partial charge < -0.3 is 9.88 Å². The van der Waals surface area contributed by atoms with Crippen LogP contribution in [-0.2, 0) is 17.8 Å². The Bertz CT molecular complexity index is 831. The molecule has 3 heterocycles. The summed E-state index contributed by atoms with van der Waals surface area (Å²) in [5, 5.41) is 7.66. The molecule has 8 nitrogen and oxygen atoms in total. The topological polar surface area (TPSA) is 102 Å². The van der Waals surface area contributed by atoms with Crippen molar-refractivity contribution in [3.05, 3.63) is 59.9 Å². The van der Waals surface area contributed by atoms with Crippen LogP contribution < -0.4 is 10.6 Å². The molecule has 0 atom stereocenters. The van der Waals surface area contributed by atoms with Crippen molar-refractivity contribution in [2.45, 2.75) is 13.0 Å². The minimum Gasteiger partial charge on any atom is -0.354 e. The largest absolute Gasteiger partial charge is 0.354 e. The van der Waals surface area contributed by atoms with E-state index in [1.807, 2.05) is 29.1 Å². The molecular weight excluding hydrogens is 340 g/mol. The molecule has 3 aromatic heterocycles. The summed E-state index contributed by atoms with van der Waals surface area (Å²) in [5.41, 5.74) is 0.819. The van der Waals surface area contributed by atoms with Crippen LogP contribution in [-0.4, -0.2) is 37.9 Å². The second-order valence-electron chi connectivity index (χ2n) is 5.14. The van der Waals surface area contributed by atoms with Gasteiger partial charge in [-0.3, -0.25) is 19.9 Å². The molecule has 0 spiro atoms. The zero-order chi connectivity index (χ0) is 17.5. The van der Waals surface area contributed by atoms with E-state index < -0.39 is 0 Å². The number of anilines is 1. The van der Waals surface area contributed by atoms with Crippen LogP contribution in [0, 0.1) is 0 Å². The Hall–Kier alpha value is -3.07. The number of amides is 2. The summed E-state index contributed by atoms with van der Waals surface area (Å²) in [6, 6.07) is 3.88. The lowest BCUT2D eigenvalue weighted by molar-refractivity contribution is -0.120. The lowest BCUT2D eigenvalue weighted by Gasteiger charge is -2.05. The van der Waals surface area contributed by atoms with Crippen molar-refractivity contribution in [2.24, 2.45) is 0 Å². The van der Waals surface area contributed by atoms with Crippen LogP contribution in [0.3, 0.4) is 0 Å². The zero-order valence-electron chi connectivity index (χ0n) is 13.3. The Kier molecular flexibility index (Phi) is 5.47. The quantitative estimate of drug-likeness (QED) is 0.665. The lowest BCUT2D eigenvalue weighted by Crippen LogP contribution is -2.28. The molecule has 0 radical (unpaired) electrons. The fourth-order valence-corrected chi connectivity index (χ4v) is 2.80. The molecule has 0 aliphatic heterocycles. The van der Waals surface area contributed by atoms with Gasteiger partial charge in [-0.2, -0.15) is 0 Å². The molecule has 0 aliphatic carbocycles. The van der Waals surface area contributed by atoms with Gasteiger partial charge in [-0.25, -0.2) is 9.97 Å². The van der Waals surface area contributed by atoms with E-state index in [4.69, 9.17) is 0 Å². The number of carbonyl (C=O) groups is 2. The molecule has 0 saturated heterocycles. The number of nitrogens with one attached hydrogen (secondary N) is 2. The Labute approximate surface area is 148 Å². The second-order valence-corrected chi connectivity index (χ2v) is 5.99. The number of hydrogen-bond donors (Lipinski definition) is 2. The van der Waals surface area contributed by atoms with E-state index in [0.29, 0.717) is 17.4 Å². The molecule has 2 amide bonds. The summed E-state index contributed by atoms with van der Waals surface area (Å²) >= 11 is 1.26. The average molecular weight is 356 g/mol. The normalized spacial score (nSPS) is 10.4. The first kappa shape index (κ1) is 16.8. The minimum atomic E-state index is -0.384. The fraction of sp³-hybridized carbons (Fsp3) is 0.188. The van der Waals surface area contributed by atoms with E-state index in [-0.39, 0.29) is 23.9 Å². The minimum absolute atomic E-state index is 0.107. The highest BCUT2D eigenvalue weighted by atomic mass is 32.1. The van der Waals surface area contributed by atoms with Gasteiger partial charge in [-0.1, -0.05) is 0 Å². The maximum absolute atomic E-state index is 12.0. The first-order chi connectivity index (χ1) is 12.2. The van der Waals surface area contributed by atoms with Gasteiger partial charge in [0.15, 0.2) is 5.13 Å². The highest BCUT2D eigenvalue weighted by Gasteiger charge is 2.12. The number of rotatable bonds is 7. The molecule has 0 saturated carbocycles. The number of hydrogen-bond acceptors (Lipinski definition) is 6. The van der Waals surface area contributed by atoms with Gasteiger partial charge >= 0.3 is 0 Å². The zero-order valence-corrected chi connectivity index (χ0v) is 14.1. The van der Waals surface area contributed by atoms with Gasteiger partial charge in [0.1, 0.15) is 5.69 Å². The summed E-state index contributed by atoms with van der Waals surface area (Å²) < 4.78 is 1.99. The third-order valence-corrected chi connectivity index (χ3v) is 4.07. The van der Waals surface area contributed by atoms with E-state index >= 15 is 0 Å². The maximum Gasteiger partial charge on any atom is 0.277 e. The highest BCUT2D eigenvalue weighted by Crippen LogP contribution is 2.16. The number of aromatic nitrogens is 4. The third-order valence-electron chi connectivity index (χ3n) is 3.27. The Morgan fingerprint density at radius 2 is 2.04 bits per heavy atom. The van der Waals surface area contributed by atoms with Gasteiger partial charge in [0.2, 0.25) is 5.91 Å². The number of carbonyl (C=O) groups excluding carboxylic acids is 2. The van der Waals surface area contributed by atoms with Gasteiger partial charge in [-0.15, -0.1) is 11.3 Å². The number of nitrogens with zero attached hydrogens (tertiary/aromatic N) is 4. The summed E-state index contributed by atoms with van der Waals surface area (Å²) in [7, 11) is 0. The van der Waals surface area contributed by atoms with Crippen molar-refractivity contribution in [1.29, 1.82) is 0 Å².